The second kappa shape index (κ2) is 28.6. The molecule has 0 fully saturated rings. The van der Waals surface area contributed by atoms with Crippen molar-refractivity contribution in [1.29, 1.82) is 0 Å². The summed E-state index contributed by atoms with van der Waals surface area (Å²) in [5, 5.41) is 0. The quantitative estimate of drug-likeness (QED) is 0.0564. The first-order valence-corrected chi connectivity index (χ1v) is 28.4. The van der Waals surface area contributed by atoms with Crippen LogP contribution in [-0.4, -0.2) is 41.7 Å². The lowest BCUT2D eigenvalue weighted by Gasteiger charge is -2.26. The van der Waals surface area contributed by atoms with E-state index in [0.29, 0.717) is 26.1 Å². The maximum atomic E-state index is 7.22. The van der Waals surface area contributed by atoms with Crippen LogP contribution in [0.15, 0.2) is 302 Å². The molecule has 2 atom stereocenters. The Hall–Kier alpha value is -9.68. The van der Waals surface area contributed by atoms with Gasteiger partial charge in [0.25, 0.3) is 0 Å². The minimum absolute atomic E-state index is 0.191. The van der Waals surface area contributed by atoms with Crippen LogP contribution in [0.1, 0.15) is 80.3 Å². The van der Waals surface area contributed by atoms with Crippen LogP contribution in [0.2, 0.25) is 0 Å². The van der Waals surface area contributed by atoms with Crippen molar-refractivity contribution in [3.05, 3.63) is 358 Å². The van der Waals surface area contributed by atoms with Crippen LogP contribution >= 0.6 is 0 Å². The van der Waals surface area contributed by atoms with Crippen LogP contribution in [-0.2, 0) is 4.74 Å². The number of rotatable bonds is 24. The second-order valence-corrected chi connectivity index (χ2v) is 20.2. The van der Waals surface area contributed by atoms with Gasteiger partial charge in [0.2, 0.25) is 0 Å². The molecule has 5 heteroatoms. The molecule has 0 amide bonds. The molecule has 412 valence electrons. The van der Waals surface area contributed by atoms with Gasteiger partial charge < -0.3 is 23.7 Å². The fraction of sp³-hybridized carbons (Fsp3) is 0.128. The predicted molar refractivity (Wildman–Crippen MR) is 342 cm³/mol. The van der Waals surface area contributed by atoms with Crippen molar-refractivity contribution in [2.75, 3.05) is 41.7 Å². The van der Waals surface area contributed by atoms with Crippen LogP contribution in [0.25, 0.3) is 22.3 Å². The van der Waals surface area contributed by atoms with Gasteiger partial charge in [0.15, 0.2) is 0 Å². The molecule has 0 spiro atoms. The lowest BCUT2D eigenvalue weighted by molar-refractivity contribution is 0.139. The summed E-state index contributed by atoms with van der Waals surface area (Å²) in [6.45, 7) is 0.875. The molecule has 0 radical (unpaired) electrons. The molecular weight excluding hydrogens is 1020 g/mol. The Morgan fingerprint density at radius 1 is 0.277 bits per heavy atom. The lowest BCUT2D eigenvalue weighted by Crippen LogP contribution is -2.11. The fourth-order valence-electron chi connectivity index (χ4n) is 11.1. The van der Waals surface area contributed by atoms with Crippen LogP contribution in [0.3, 0.4) is 0 Å². The number of hydrogen-bond donors (Lipinski definition) is 0. The van der Waals surface area contributed by atoms with Gasteiger partial charge in [-0.2, -0.15) is 0 Å². The molecule has 0 aromatic heterocycles. The normalized spacial score (nSPS) is 11.5. The van der Waals surface area contributed by atoms with E-state index in [-0.39, 0.29) is 11.8 Å². The van der Waals surface area contributed by atoms with Gasteiger partial charge >= 0.3 is 0 Å². The van der Waals surface area contributed by atoms with Crippen molar-refractivity contribution in [3.63, 3.8) is 0 Å². The molecule has 0 aliphatic carbocycles. The molecule has 10 aromatic carbocycles. The first-order chi connectivity index (χ1) is 41.0. The second-order valence-electron chi connectivity index (χ2n) is 20.2. The molecule has 0 heterocycles. The van der Waals surface area contributed by atoms with Gasteiger partial charge in [-0.15, -0.1) is 0 Å². The smallest absolute Gasteiger partial charge is 0.118 e. The predicted octanol–water partition coefficient (Wildman–Crippen LogP) is 18.7. The van der Waals surface area contributed by atoms with E-state index in [9.17, 15) is 0 Å². The molecule has 2 unspecified atom stereocenters. The van der Waals surface area contributed by atoms with Gasteiger partial charge in [0, 0.05) is 11.8 Å². The van der Waals surface area contributed by atoms with E-state index in [1.165, 1.54) is 22.3 Å². The van der Waals surface area contributed by atoms with Crippen molar-refractivity contribution >= 4 is 22.3 Å². The highest BCUT2D eigenvalue weighted by Crippen LogP contribution is 2.44. The first-order valence-electron chi connectivity index (χ1n) is 28.4. The van der Waals surface area contributed by atoms with Crippen LogP contribution in [0.5, 0.6) is 23.0 Å². The molecule has 0 bridgehead atoms. The van der Waals surface area contributed by atoms with Gasteiger partial charge in [0.1, 0.15) is 23.0 Å². The Kier molecular flexibility index (Phi) is 19.5. The summed E-state index contributed by atoms with van der Waals surface area (Å²) in [6.07, 6.45) is 6.15. The van der Waals surface area contributed by atoms with E-state index in [0.717, 1.165) is 89.8 Å². The highest BCUT2D eigenvalue weighted by atomic mass is 16.5. The summed E-state index contributed by atoms with van der Waals surface area (Å²) in [7, 11) is 6.85. The Morgan fingerprint density at radius 3 is 0.735 bits per heavy atom. The van der Waals surface area contributed by atoms with Gasteiger partial charge in [-0.1, -0.05) is 243 Å². The van der Waals surface area contributed by atoms with E-state index in [1.54, 1.807) is 28.4 Å². The minimum Gasteiger partial charge on any atom is -0.497 e. The summed E-state index contributed by atoms with van der Waals surface area (Å²) in [6, 6.07) is 98.5. The minimum atomic E-state index is -0.191. The van der Waals surface area contributed by atoms with E-state index in [2.05, 4.69) is 291 Å². The summed E-state index contributed by atoms with van der Waals surface area (Å²) in [5.41, 5.74) is 18.1. The lowest BCUT2D eigenvalue weighted by atomic mass is 9.79. The SMILES string of the molecule is COc1ccc(C(=C(CCOCCC(=C(c2ccc(OC)cc2)c2ccc(OC)cc2)C(C=C(c2ccccc2)c2ccccc2)c2ccccc2)C(C=C(c2ccccc2)c2ccccc2)c2ccccc2)c2ccc(OC)cc2)cc1. The van der Waals surface area contributed by atoms with Crippen molar-refractivity contribution in [1.82, 2.24) is 0 Å². The molecule has 83 heavy (non-hydrogen) atoms. The van der Waals surface area contributed by atoms with Crippen molar-refractivity contribution in [2.24, 2.45) is 0 Å². The number of hydrogen-bond acceptors (Lipinski definition) is 5. The van der Waals surface area contributed by atoms with Crippen molar-refractivity contribution in [3.8, 4) is 23.0 Å². The standard InChI is InChI=1S/C78H70O5/c1-79-67-43-35-63(36-44-67)77(64-37-45-68(80-2)46-38-64)71(75(61-31-19-9-20-32-61)55-73(57-23-11-5-12-24-57)58-25-13-6-14-26-58)51-53-83-54-52-72(78(65-39-47-69(81-3)48-40-65)66-41-49-70(82-4)50-42-66)76(62-33-21-10-22-34-62)56-74(59-27-15-7-16-28-59)60-29-17-8-18-30-60/h5-50,55-56,75-76H,51-54H2,1-4H3. The topological polar surface area (TPSA) is 46.2 Å². The number of benzene rings is 10. The molecule has 0 saturated carbocycles. The molecule has 10 rings (SSSR count). The Labute approximate surface area is 490 Å². The average molecular weight is 1090 g/mol. The van der Waals surface area contributed by atoms with E-state index < -0.39 is 0 Å². The summed E-state index contributed by atoms with van der Waals surface area (Å²) < 4.78 is 30.2. The molecule has 0 N–H and O–H groups in total. The molecular formula is C78H70O5. The number of methoxy groups -OCH3 is 4. The zero-order valence-electron chi connectivity index (χ0n) is 47.7. The average Bonchev–Trinajstić information content (AvgIpc) is 3.70. The molecule has 5 nitrogen and oxygen atoms in total. The van der Waals surface area contributed by atoms with Crippen molar-refractivity contribution < 1.29 is 23.7 Å². The summed E-state index contributed by atoms with van der Waals surface area (Å²) in [4.78, 5) is 0. The molecule has 0 saturated heterocycles. The first kappa shape index (κ1) is 56.6. The summed E-state index contributed by atoms with van der Waals surface area (Å²) >= 11 is 0. The Balaban J connectivity index is 1.15. The maximum Gasteiger partial charge on any atom is 0.118 e. The molecule has 10 aromatic rings. The zero-order chi connectivity index (χ0) is 57.0. The van der Waals surface area contributed by atoms with Crippen LogP contribution in [0, 0.1) is 0 Å². The van der Waals surface area contributed by atoms with Crippen LogP contribution in [0.4, 0.5) is 0 Å². The Morgan fingerprint density at radius 2 is 0.506 bits per heavy atom. The number of allylic oxidation sites excluding steroid dienone is 2. The highest BCUT2D eigenvalue weighted by Gasteiger charge is 2.26. The third-order valence-electron chi connectivity index (χ3n) is 15.3. The molecule has 0 aliphatic heterocycles. The van der Waals surface area contributed by atoms with Crippen LogP contribution < -0.4 is 18.9 Å². The highest BCUT2D eigenvalue weighted by molar-refractivity contribution is 5.88. The largest absolute Gasteiger partial charge is 0.497 e. The third-order valence-corrected chi connectivity index (χ3v) is 15.3. The number of ether oxygens (including phenoxy) is 5. The summed E-state index contributed by atoms with van der Waals surface area (Å²) in [5.74, 6) is 2.78. The van der Waals surface area contributed by atoms with Gasteiger partial charge in [-0.05, 0) is 150 Å². The zero-order valence-corrected chi connectivity index (χ0v) is 47.7. The van der Waals surface area contributed by atoms with Gasteiger partial charge in [0.05, 0.1) is 41.7 Å². The van der Waals surface area contributed by atoms with Gasteiger partial charge in [-0.3, -0.25) is 0 Å². The van der Waals surface area contributed by atoms with E-state index in [1.807, 2.05) is 0 Å². The van der Waals surface area contributed by atoms with E-state index >= 15 is 0 Å². The fourth-order valence-corrected chi connectivity index (χ4v) is 11.1. The van der Waals surface area contributed by atoms with Gasteiger partial charge in [-0.25, -0.2) is 0 Å². The molecule has 0 aliphatic rings. The maximum absolute atomic E-state index is 7.22. The third kappa shape index (κ3) is 14.3. The van der Waals surface area contributed by atoms with Crippen molar-refractivity contribution in [2.45, 2.75) is 24.7 Å². The Bertz CT molecular complexity index is 3290. The van der Waals surface area contributed by atoms with E-state index in [4.69, 9.17) is 23.7 Å². The monoisotopic (exact) mass is 1090 g/mol.